The molecule has 0 aliphatic rings. The minimum absolute atomic E-state index is 0.00351. The first-order valence-electron chi connectivity index (χ1n) is 21.8. The highest BCUT2D eigenvalue weighted by Crippen LogP contribution is 2.40. The largest absolute Gasteiger partial charge is 0.456 e. The summed E-state index contributed by atoms with van der Waals surface area (Å²) in [6, 6.07) is 34.7. The second-order valence-corrected chi connectivity index (χ2v) is 12.9. The van der Waals surface area contributed by atoms with E-state index in [4.69, 9.17) is 34.8 Å². The molecule has 0 saturated carbocycles. The van der Waals surface area contributed by atoms with Crippen molar-refractivity contribution >= 4 is 54.6 Å². The van der Waals surface area contributed by atoms with E-state index in [1.165, 1.54) is 0 Å². The van der Waals surface area contributed by atoms with E-state index in [0.29, 0.717) is 39.7 Å². The molecule has 8 aromatic carbocycles. The van der Waals surface area contributed by atoms with E-state index < -0.39 is 36.3 Å². The van der Waals surface area contributed by atoms with E-state index >= 15 is 0 Å². The fourth-order valence-electron chi connectivity index (χ4n) is 7.02. The summed E-state index contributed by atoms with van der Waals surface area (Å²) in [6.45, 7) is 0. The van der Waals surface area contributed by atoms with E-state index in [1.807, 2.05) is 78.9 Å². The van der Waals surface area contributed by atoms with Crippen LogP contribution < -0.4 is 0 Å². The molecule has 5 heteroatoms. The zero-order chi connectivity index (χ0) is 43.4. The predicted octanol–water partition coefficient (Wildman–Crippen LogP) is 13.2. The molecule has 54 heavy (non-hydrogen) atoms. The standard InChI is InChI=1S/C49H29N3O2/c1-3-11-31(12-4-1)40-28-36(29-44-45(40)39-17-9-10-18-42(39)53-44)49-51-47(33-14-5-2-6-15-33)50-48(52-49)34-21-19-30(20-22-34)35-24-26-43-41(27-35)38-25-23-32-13-7-8-16-37(32)46(38)54-43/h1-29H/i7D,8D,13D,16D,23D,24D,25D,26D,27D. The van der Waals surface area contributed by atoms with Gasteiger partial charge in [0.15, 0.2) is 17.5 Å². The van der Waals surface area contributed by atoms with Gasteiger partial charge in [0.2, 0.25) is 0 Å². The van der Waals surface area contributed by atoms with Crippen molar-refractivity contribution in [3.63, 3.8) is 0 Å². The number of fused-ring (bicyclic) bond motifs is 8. The third-order valence-corrected chi connectivity index (χ3v) is 9.61. The average Bonchev–Trinajstić information content (AvgIpc) is 3.91. The molecule has 0 saturated heterocycles. The predicted molar refractivity (Wildman–Crippen MR) is 219 cm³/mol. The minimum atomic E-state index is -0.552. The van der Waals surface area contributed by atoms with E-state index in [1.54, 1.807) is 24.3 Å². The van der Waals surface area contributed by atoms with Crippen LogP contribution in [-0.4, -0.2) is 15.0 Å². The average molecular weight is 701 g/mol. The smallest absolute Gasteiger partial charge is 0.164 e. The molecule has 0 spiro atoms. The Bertz CT molecular complexity index is 3720. The third kappa shape index (κ3) is 4.98. The summed E-state index contributed by atoms with van der Waals surface area (Å²) in [5.41, 5.74) is 5.69. The molecule has 0 bridgehead atoms. The van der Waals surface area contributed by atoms with Crippen LogP contribution >= 0.6 is 0 Å². The highest BCUT2D eigenvalue weighted by atomic mass is 16.3. The van der Waals surface area contributed by atoms with Gasteiger partial charge in [-0.3, -0.25) is 0 Å². The molecule has 3 aromatic heterocycles. The molecule has 0 N–H and O–H groups in total. The molecule has 3 heterocycles. The number of benzene rings is 8. The monoisotopic (exact) mass is 700 g/mol. The number of furan rings is 2. The lowest BCUT2D eigenvalue weighted by molar-refractivity contribution is 0.669. The molecule has 0 radical (unpaired) electrons. The van der Waals surface area contributed by atoms with Gasteiger partial charge in [0.1, 0.15) is 22.3 Å². The number of aromatic nitrogens is 3. The Hall–Kier alpha value is -7.37. The van der Waals surface area contributed by atoms with Crippen molar-refractivity contribution in [3.8, 4) is 56.4 Å². The Morgan fingerprint density at radius 3 is 1.87 bits per heavy atom. The van der Waals surface area contributed by atoms with Gasteiger partial charge in [-0.2, -0.15) is 0 Å². The summed E-state index contributed by atoms with van der Waals surface area (Å²) < 4.78 is 91.2. The molecular formula is C49H29N3O2. The summed E-state index contributed by atoms with van der Waals surface area (Å²) >= 11 is 0. The summed E-state index contributed by atoms with van der Waals surface area (Å²) in [7, 11) is 0. The molecule has 11 aromatic rings. The quantitative estimate of drug-likeness (QED) is 0.179. The van der Waals surface area contributed by atoms with E-state index in [2.05, 4.69) is 18.2 Å². The van der Waals surface area contributed by atoms with Crippen LogP contribution in [0.4, 0.5) is 0 Å². The molecule has 0 atom stereocenters. The van der Waals surface area contributed by atoms with Gasteiger partial charge in [-0.05, 0) is 64.0 Å². The molecule has 0 aliphatic carbocycles. The lowest BCUT2D eigenvalue weighted by Gasteiger charge is -2.11. The van der Waals surface area contributed by atoms with Crippen molar-refractivity contribution in [2.75, 3.05) is 0 Å². The molecule has 0 amide bonds. The van der Waals surface area contributed by atoms with Crippen LogP contribution in [0, 0.1) is 0 Å². The number of hydrogen-bond donors (Lipinski definition) is 0. The molecule has 0 fully saturated rings. The Balaban J connectivity index is 1.08. The fourth-order valence-corrected chi connectivity index (χ4v) is 7.02. The number of para-hydroxylation sites is 1. The Morgan fingerprint density at radius 2 is 1.07 bits per heavy atom. The first-order chi connectivity index (χ1) is 30.5. The normalized spacial score (nSPS) is 14.0. The fraction of sp³-hybridized carbons (Fsp3) is 0. The van der Waals surface area contributed by atoms with Crippen molar-refractivity contribution in [2.45, 2.75) is 0 Å². The summed E-state index contributed by atoms with van der Waals surface area (Å²) in [6.07, 6.45) is 0. The van der Waals surface area contributed by atoms with Gasteiger partial charge in [0, 0.05) is 43.6 Å². The van der Waals surface area contributed by atoms with Crippen LogP contribution in [0.5, 0.6) is 0 Å². The maximum Gasteiger partial charge on any atom is 0.164 e. The first-order valence-corrected chi connectivity index (χ1v) is 17.3. The van der Waals surface area contributed by atoms with Crippen LogP contribution in [0.2, 0.25) is 0 Å². The molecule has 252 valence electrons. The SMILES string of the molecule is [2H]c1c(-c2ccc(-c3nc(-c4ccccc4)nc(-c4cc(-c5ccccc5)c5c(c4)oc4ccccc45)n3)cc2)c([2H])c2c(oc3c4c([2H])c([2H])c([2H])c([2H])c4c([2H])c([2H])c32)c1[2H]. The van der Waals surface area contributed by atoms with Gasteiger partial charge in [0.05, 0.1) is 12.3 Å². The van der Waals surface area contributed by atoms with Crippen molar-refractivity contribution < 1.29 is 21.2 Å². The molecule has 0 unspecified atom stereocenters. The Kier molecular flexibility index (Phi) is 5.06. The highest BCUT2D eigenvalue weighted by Gasteiger charge is 2.19. The molecule has 11 rings (SSSR count). The lowest BCUT2D eigenvalue weighted by atomic mass is 9.97. The van der Waals surface area contributed by atoms with Crippen LogP contribution in [-0.2, 0) is 0 Å². The van der Waals surface area contributed by atoms with Gasteiger partial charge in [-0.25, -0.2) is 15.0 Å². The van der Waals surface area contributed by atoms with Crippen molar-refractivity contribution in [3.05, 3.63) is 176 Å². The van der Waals surface area contributed by atoms with Gasteiger partial charge in [-0.15, -0.1) is 0 Å². The van der Waals surface area contributed by atoms with Gasteiger partial charge in [0.25, 0.3) is 0 Å². The van der Waals surface area contributed by atoms with Crippen LogP contribution in [0.25, 0.3) is 111 Å². The second kappa shape index (κ2) is 12.1. The Labute approximate surface area is 322 Å². The molecular weight excluding hydrogens is 663 g/mol. The molecule has 0 aliphatic heterocycles. The summed E-state index contributed by atoms with van der Waals surface area (Å²) in [5, 5.41) is 1.63. The number of nitrogens with zero attached hydrogens (tertiary/aromatic N) is 3. The lowest BCUT2D eigenvalue weighted by Crippen LogP contribution is -2.00. The van der Waals surface area contributed by atoms with Gasteiger partial charge < -0.3 is 8.83 Å². The zero-order valence-electron chi connectivity index (χ0n) is 37.2. The zero-order valence-corrected chi connectivity index (χ0v) is 28.2. The number of rotatable bonds is 5. The van der Waals surface area contributed by atoms with Crippen molar-refractivity contribution in [2.24, 2.45) is 0 Å². The Morgan fingerprint density at radius 1 is 0.407 bits per heavy atom. The van der Waals surface area contributed by atoms with Crippen LogP contribution in [0.15, 0.2) is 185 Å². The van der Waals surface area contributed by atoms with Crippen LogP contribution in [0.1, 0.15) is 12.3 Å². The van der Waals surface area contributed by atoms with E-state index in [-0.39, 0.29) is 56.4 Å². The minimum Gasteiger partial charge on any atom is -0.456 e. The van der Waals surface area contributed by atoms with E-state index in [0.717, 1.165) is 33.0 Å². The van der Waals surface area contributed by atoms with Crippen molar-refractivity contribution in [1.82, 2.24) is 15.0 Å². The summed E-state index contributed by atoms with van der Waals surface area (Å²) in [5.74, 6) is 1.23. The topological polar surface area (TPSA) is 65.0 Å². The maximum absolute atomic E-state index is 9.40. The highest BCUT2D eigenvalue weighted by molar-refractivity contribution is 6.16. The van der Waals surface area contributed by atoms with Crippen LogP contribution in [0.3, 0.4) is 0 Å². The van der Waals surface area contributed by atoms with Crippen molar-refractivity contribution in [1.29, 1.82) is 0 Å². The first kappa shape index (κ1) is 22.5. The molecule has 5 nitrogen and oxygen atoms in total. The summed E-state index contributed by atoms with van der Waals surface area (Å²) in [4.78, 5) is 14.9. The number of hydrogen-bond acceptors (Lipinski definition) is 5. The van der Waals surface area contributed by atoms with E-state index in [9.17, 15) is 1.37 Å². The third-order valence-electron chi connectivity index (χ3n) is 9.61. The van der Waals surface area contributed by atoms with Gasteiger partial charge >= 0.3 is 0 Å². The maximum atomic E-state index is 9.40. The van der Waals surface area contributed by atoms with Gasteiger partial charge in [-0.1, -0.05) is 139 Å². The second-order valence-electron chi connectivity index (χ2n) is 12.9.